The Morgan fingerprint density at radius 1 is 0.897 bits per heavy atom. The summed E-state index contributed by atoms with van der Waals surface area (Å²) in [6.45, 7) is 1.68. The summed E-state index contributed by atoms with van der Waals surface area (Å²) in [5.74, 6) is -1.22. The summed E-state index contributed by atoms with van der Waals surface area (Å²) in [6.07, 6.45) is -5.02. The van der Waals surface area contributed by atoms with Crippen molar-refractivity contribution >= 4 is 5.57 Å². The Hall–Kier alpha value is -2.51. The van der Waals surface area contributed by atoms with Gasteiger partial charge in [-0.25, -0.2) is 8.78 Å². The molecule has 0 amide bonds. The van der Waals surface area contributed by atoms with Crippen molar-refractivity contribution in [2.45, 2.75) is 38.1 Å². The van der Waals surface area contributed by atoms with Crippen LogP contribution in [0.2, 0.25) is 0 Å². The van der Waals surface area contributed by atoms with Gasteiger partial charge in [-0.15, -0.1) is 0 Å². The van der Waals surface area contributed by atoms with Gasteiger partial charge in [-0.3, -0.25) is 0 Å². The molecule has 0 fully saturated rings. The topological polar surface area (TPSA) is 40.5 Å². The maximum Gasteiger partial charge on any atom is 0.417 e. The molecule has 2 nitrogen and oxygen atoms in total. The highest BCUT2D eigenvalue weighted by Gasteiger charge is 2.35. The van der Waals surface area contributed by atoms with Gasteiger partial charge in [0.25, 0.3) is 0 Å². The lowest BCUT2D eigenvalue weighted by molar-refractivity contribution is -0.0876. The maximum absolute atomic E-state index is 13.9. The molecule has 29 heavy (non-hydrogen) atoms. The summed E-state index contributed by atoms with van der Waals surface area (Å²) < 4.78 is 68.3. The number of benzene rings is 2. The van der Waals surface area contributed by atoms with Crippen LogP contribution in [0.25, 0.3) is 5.57 Å². The summed E-state index contributed by atoms with van der Waals surface area (Å²) in [5.41, 5.74) is -1.20. The summed E-state index contributed by atoms with van der Waals surface area (Å²) in [7, 11) is 0. The van der Waals surface area contributed by atoms with Crippen molar-refractivity contribution in [3.05, 3.63) is 89.0 Å². The van der Waals surface area contributed by atoms with Crippen LogP contribution < -0.4 is 0 Å². The molecule has 0 saturated carbocycles. The predicted molar refractivity (Wildman–Crippen MR) is 101 cm³/mol. The van der Waals surface area contributed by atoms with Crippen LogP contribution in [-0.2, 0) is 0 Å². The minimum atomic E-state index is -4.81. The van der Waals surface area contributed by atoms with Gasteiger partial charge in [0.1, 0.15) is 11.6 Å². The van der Waals surface area contributed by atoms with Crippen LogP contribution in [0.15, 0.2) is 66.3 Å². The molecule has 2 atom stereocenters. The molecule has 0 radical (unpaired) electrons. The van der Waals surface area contributed by atoms with Crippen molar-refractivity contribution in [1.29, 1.82) is 0 Å². The second-order valence-electron chi connectivity index (χ2n) is 6.52. The van der Waals surface area contributed by atoms with E-state index in [1.807, 2.05) is 0 Å². The first-order valence-corrected chi connectivity index (χ1v) is 8.99. The highest BCUT2D eigenvalue weighted by atomic mass is 19.4. The van der Waals surface area contributed by atoms with E-state index in [9.17, 15) is 32.2 Å². The van der Waals surface area contributed by atoms with Gasteiger partial charge in [-0.2, -0.15) is 13.2 Å². The van der Waals surface area contributed by atoms with Gasteiger partial charge in [0, 0.05) is 12.0 Å². The molecule has 2 aromatic rings. The molecule has 0 aliphatic heterocycles. The average Bonchev–Trinajstić information content (AvgIpc) is 2.66. The first-order valence-electron chi connectivity index (χ1n) is 8.99. The van der Waals surface area contributed by atoms with E-state index in [1.165, 1.54) is 24.3 Å². The summed E-state index contributed by atoms with van der Waals surface area (Å²) in [6, 6.07) is 8.92. The van der Waals surface area contributed by atoms with Crippen molar-refractivity contribution in [3.63, 3.8) is 0 Å². The summed E-state index contributed by atoms with van der Waals surface area (Å²) in [5, 5.41) is 19.5. The molecule has 0 aliphatic rings. The second-order valence-corrected chi connectivity index (χ2v) is 6.52. The molecule has 0 saturated heterocycles. The van der Waals surface area contributed by atoms with Crippen molar-refractivity contribution in [1.82, 2.24) is 0 Å². The smallest absolute Gasteiger partial charge is 0.393 e. The van der Waals surface area contributed by atoms with Crippen LogP contribution in [0.1, 0.15) is 30.9 Å². The molecule has 156 valence electrons. The van der Waals surface area contributed by atoms with Crippen molar-refractivity contribution in [3.8, 4) is 0 Å². The van der Waals surface area contributed by atoms with Gasteiger partial charge in [-0.1, -0.05) is 43.3 Å². The van der Waals surface area contributed by atoms with Crippen LogP contribution in [0.4, 0.5) is 22.0 Å². The number of allylic oxidation sites excluding steroid dienone is 2. The lowest BCUT2D eigenvalue weighted by Crippen LogP contribution is -2.17. The molecule has 2 rings (SSSR count). The second kappa shape index (κ2) is 9.80. The number of halogens is 5. The van der Waals surface area contributed by atoms with Crippen LogP contribution >= 0.6 is 0 Å². The van der Waals surface area contributed by atoms with Crippen LogP contribution in [0.3, 0.4) is 0 Å². The number of aliphatic hydroxyl groups is 2. The van der Waals surface area contributed by atoms with E-state index in [1.54, 1.807) is 6.92 Å². The van der Waals surface area contributed by atoms with E-state index in [4.69, 9.17) is 0 Å². The van der Waals surface area contributed by atoms with Crippen molar-refractivity contribution in [2.24, 2.45) is 0 Å². The largest absolute Gasteiger partial charge is 0.417 e. The zero-order valence-corrected chi connectivity index (χ0v) is 15.6. The van der Waals surface area contributed by atoms with Gasteiger partial charge in [-0.05, 0) is 41.8 Å². The summed E-state index contributed by atoms with van der Waals surface area (Å²) in [4.78, 5) is 0. The van der Waals surface area contributed by atoms with Crippen LogP contribution in [-0.4, -0.2) is 28.6 Å². The zero-order chi connectivity index (χ0) is 21.6. The molecule has 0 aromatic heterocycles. The molecule has 0 spiro atoms. The first-order chi connectivity index (χ1) is 13.6. The van der Waals surface area contributed by atoms with E-state index in [0.29, 0.717) is 6.42 Å². The molecular weight excluding hydrogens is 391 g/mol. The fraction of sp³-hybridized carbons (Fsp3) is 0.273. The highest BCUT2D eigenvalue weighted by molar-refractivity contribution is 5.84. The van der Waals surface area contributed by atoms with E-state index < -0.39 is 35.6 Å². The van der Waals surface area contributed by atoms with E-state index in [2.05, 4.69) is 0 Å². The Balaban J connectivity index is 2.63. The fourth-order valence-corrected chi connectivity index (χ4v) is 2.76. The molecule has 2 N–H and O–H groups in total. The first kappa shape index (κ1) is 22.8. The minimum Gasteiger partial charge on any atom is -0.393 e. The third-order valence-corrected chi connectivity index (χ3v) is 4.31. The Labute approximate surface area is 165 Å². The molecule has 0 bridgehead atoms. The maximum atomic E-state index is 13.9. The number of alkyl halides is 3. The lowest BCUT2D eigenvalue weighted by atomic mass is 9.92. The summed E-state index contributed by atoms with van der Waals surface area (Å²) >= 11 is 0. The third kappa shape index (κ3) is 6.51. The Kier molecular flexibility index (Phi) is 7.70. The van der Waals surface area contributed by atoms with Crippen LogP contribution in [0, 0.1) is 11.6 Å². The highest BCUT2D eigenvalue weighted by Crippen LogP contribution is 2.37. The van der Waals surface area contributed by atoms with Gasteiger partial charge < -0.3 is 10.2 Å². The SMILES string of the molecule is CCC(O)CC(O)/C=C/C(=C(c1ccc(F)cc1)c1ccc(F)cc1)C(F)(F)F. The van der Waals surface area contributed by atoms with E-state index in [0.717, 1.165) is 36.4 Å². The molecule has 0 aliphatic carbocycles. The zero-order valence-electron chi connectivity index (χ0n) is 15.6. The standard InChI is InChI=1S/C22H21F5O2/c1-2-18(28)13-19(29)11-12-20(22(25,26)27)21(14-3-7-16(23)8-4-14)15-5-9-17(24)10-6-15/h3-12,18-19,28-29H,2,13H2,1H3/b12-11+. The lowest BCUT2D eigenvalue weighted by Gasteiger charge is -2.17. The number of rotatable bonds is 7. The van der Waals surface area contributed by atoms with Crippen molar-refractivity contribution in [2.75, 3.05) is 0 Å². The number of aliphatic hydroxyl groups excluding tert-OH is 2. The van der Waals surface area contributed by atoms with Gasteiger partial charge >= 0.3 is 6.18 Å². The predicted octanol–water partition coefficient (Wildman–Crippen LogP) is 5.41. The van der Waals surface area contributed by atoms with Gasteiger partial charge in [0.05, 0.1) is 17.8 Å². The quantitative estimate of drug-likeness (QED) is 0.472. The molecule has 7 heteroatoms. The molecular formula is C22H21F5O2. The minimum absolute atomic E-state index is 0.0815. The van der Waals surface area contributed by atoms with E-state index in [-0.39, 0.29) is 23.1 Å². The monoisotopic (exact) mass is 412 g/mol. The van der Waals surface area contributed by atoms with Crippen molar-refractivity contribution < 1.29 is 32.2 Å². The normalized spacial score (nSPS) is 14.1. The molecule has 2 unspecified atom stereocenters. The molecule has 0 heterocycles. The Bertz CT molecular complexity index is 805. The van der Waals surface area contributed by atoms with Gasteiger partial charge in [0.15, 0.2) is 0 Å². The third-order valence-electron chi connectivity index (χ3n) is 4.31. The van der Waals surface area contributed by atoms with Gasteiger partial charge in [0.2, 0.25) is 0 Å². The molecule has 2 aromatic carbocycles. The number of hydrogen-bond donors (Lipinski definition) is 2. The Morgan fingerprint density at radius 3 is 1.72 bits per heavy atom. The Morgan fingerprint density at radius 2 is 1.34 bits per heavy atom. The fourth-order valence-electron chi connectivity index (χ4n) is 2.76. The van der Waals surface area contributed by atoms with Crippen LogP contribution in [0.5, 0.6) is 0 Å². The van der Waals surface area contributed by atoms with E-state index >= 15 is 0 Å². The average molecular weight is 412 g/mol. The number of hydrogen-bond acceptors (Lipinski definition) is 2.